The van der Waals surface area contributed by atoms with Gasteiger partial charge in [0.1, 0.15) is 0 Å². The van der Waals surface area contributed by atoms with Crippen LogP contribution < -0.4 is 5.32 Å². The van der Waals surface area contributed by atoms with E-state index in [1.54, 1.807) is 4.31 Å². The first-order chi connectivity index (χ1) is 13.0. The van der Waals surface area contributed by atoms with Gasteiger partial charge in [-0.2, -0.15) is 0 Å². The summed E-state index contributed by atoms with van der Waals surface area (Å²) in [5.74, 6) is 0.270. The first-order valence-electron chi connectivity index (χ1n) is 10.4. The Labute approximate surface area is 163 Å². The smallest absolute Gasteiger partial charge is 0.223 e. The van der Waals surface area contributed by atoms with Crippen molar-refractivity contribution >= 4 is 15.9 Å². The van der Waals surface area contributed by atoms with Crippen LogP contribution in [0.2, 0.25) is 0 Å². The number of carbonyl (C=O) groups is 1. The molecule has 0 unspecified atom stereocenters. The second-order valence-electron chi connectivity index (χ2n) is 7.92. The standard InChI is InChI=1S/C21H32N2O3S/c24-21(22-20-11-5-2-6-12-20)19-13-15-23(16-14-19)27(25,26)17-7-10-18-8-3-1-4-9-18/h1,3-4,8-9,19-20H,2,5-7,10-17H2,(H,22,24). The van der Waals surface area contributed by atoms with Crippen LogP contribution in [0.5, 0.6) is 0 Å². The number of nitrogens with zero attached hydrogens (tertiary/aromatic N) is 1. The number of carbonyl (C=O) groups excluding carboxylic acids is 1. The van der Waals surface area contributed by atoms with Crippen molar-refractivity contribution in [1.82, 2.24) is 9.62 Å². The minimum absolute atomic E-state index is 0.0392. The first-order valence-corrected chi connectivity index (χ1v) is 12.0. The van der Waals surface area contributed by atoms with Crippen LogP contribution in [0.1, 0.15) is 56.9 Å². The summed E-state index contributed by atoms with van der Waals surface area (Å²) >= 11 is 0. The van der Waals surface area contributed by atoms with E-state index in [4.69, 9.17) is 0 Å². The highest BCUT2D eigenvalue weighted by Gasteiger charge is 2.31. The van der Waals surface area contributed by atoms with Crippen LogP contribution in [0.3, 0.4) is 0 Å². The van der Waals surface area contributed by atoms with E-state index in [0.717, 1.165) is 19.3 Å². The molecule has 0 bridgehead atoms. The molecule has 5 nitrogen and oxygen atoms in total. The van der Waals surface area contributed by atoms with Crippen molar-refractivity contribution in [3.05, 3.63) is 35.9 Å². The molecule has 1 saturated carbocycles. The van der Waals surface area contributed by atoms with Crippen molar-refractivity contribution < 1.29 is 13.2 Å². The van der Waals surface area contributed by atoms with Crippen LogP contribution in [-0.2, 0) is 21.2 Å². The van der Waals surface area contributed by atoms with Crippen LogP contribution in [0, 0.1) is 5.92 Å². The average molecular weight is 393 g/mol. The third-order valence-electron chi connectivity index (χ3n) is 5.88. The minimum Gasteiger partial charge on any atom is -0.353 e. The number of sulfonamides is 1. The predicted octanol–water partition coefficient (Wildman–Crippen LogP) is 3.11. The fourth-order valence-corrected chi connectivity index (χ4v) is 5.73. The molecule has 1 aliphatic heterocycles. The molecule has 0 atom stereocenters. The van der Waals surface area contributed by atoms with Crippen molar-refractivity contribution in [2.24, 2.45) is 5.92 Å². The highest BCUT2D eigenvalue weighted by atomic mass is 32.2. The Kier molecular flexibility index (Phi) is 7.30. The third-order valence-corrected chi connectivity index (χ3v) is 7.84. The maximum atomic E-state index is 12.6. The van der Waals surface area contributed by atoms with E-state index in [1.165, 1.54) is 24.8 Å². The summed E-state index contributed by atoms with van der Waals surface area (Å²) in [6.45, 7) is 0.937. The number of aryl methyl sites for hydroxylation is 1. The van der Waals surface area contributed by atoms with Crippen molar-refractivity contribution in [2.45, 2.75) is 63.8 Å². The molecule has 0 spiro atoms. The quantitative estimate of drug-likeness (QED) is 0.775. The molecule has 0 aromatic heterocycles. The third kappa shape index (κ3) is 6.04. The summed E-state index contributed by atoms with van der Waals surface area (Å²) in [5.41, 5.74) is 1.17. The van der Waals surface area contributed by atoms with Crippen molar-refractivity contribution in [2.75, 3.05) is 18.8 Å². The van der Waals surface area contributed by atoms with Gasteiger partial charge in [0.05, 0.1) is 5.75 Å². The van der Waals surface area contributed by atoms with Gasteiger partial charge in [0.25, 0.3) is 0 Å². The number of hydrogen-bond acceptors (Lipinski definition) is 3. The van der Waals surface area contributed by atoms with Gasteiger partial charge >= 0.3 is 0 Å². The van der Waals surface area contributed by atoms with Crippen molar-refractivity contribution in [3.8, 4) is 0 Å². The van der Waals surface area contributed by atoms with Gasteiger partial charge in [-0.25, -0.2) is 12.7 Å². The van der Waals surface area contributed by atoms with Crippen LogP contribution in [-0.4, -0.2) is 43.5 Å². The summed E-state index contributed by atoms with van der Waals surface area (Å²) in [7, 11) is -3.23. The van der Waals surface area contributed by atoms with Crippen molar-refractivity contribution in [1.29, 1.82) is 0 Å². The Morgan fingerprint density at radius 2 is 1.67 bits per heavy atom. The highest BCUT2D eigenvalue weighted by Crippen LogP contribution is 2.23. The molecule has 1 heterocycles. The lowest BCUT2D eigenvalue weighted by Crippen LogP contribution is -2.46. The number of amides is 1. The SMILES string of the molecule is O=C(NC1CCCCC1)C1CCN(S(=O)(=O)CCCc2ccccc2)CC1. The molecule has 27 heavy (non-hydrogen) atoms. The molecule has 3 rings (SSSR count). The average Bonchev–Trinajstić information content (AvgIpc) is 2.69. The normalized spacial score (nSPS) is 20.4. The minimum atomic E-state index is -3.23. The lowest BCUT2D eigenvalue weighted by Gasteiger charge is -2.32. The number of benzene rings is 1. The van der Waals surface area contributed by atoms with Gasteiger partial charge in [0.15, 0.2) is 0 Å². The monoisotopic (exact) mass is 392 g/mol. The van der Waals surface area contributed by atoms with Gasteiger partial charge in [0.2, 0.25) is 15.9 Å². The molecule has 1 saturated heterocycles. The topological polar surface area (TPSA) is 66.5 Å². The van der Waals surface area contributed by atoms with E-state index in [0.29, 0.717) is 38.4 Å². The van der Waals surface area contributed by atoms with Crippen LogP contribution >= 0.6 is 0 Å². The molecule has 150 valence electrons. The predicted molar refractivity (Wildman–Crippen MR) is 108 cm³/mol. The van der Waals surface area contributed by atoms with Gasteiger partial charge in [0, 0.05) is 25.0 Å². The summed E-state index contributed by atoms with van der Waals surface area (Å²) in [6.07, 6.45) is 8.52. The van der Waals surface area contributed by atoms with E-state index in [2.05, 4.69) is 5.32 Å². The van der Waals surface area contributed by atoms with E-state index >= 15 is 0 Å². The molecule has 1 aliphatic carbocycles. The van der Waals surface area contributed by atoms with Gasteiger partial charge in [-0.1, -0.05) is 49.6 Å². The molecular weight excluding hydrogens is 360 g/mol. The highest BCUT2D eigenvalue weighted by molar-refractivity contribution is 7.89. The zero-order chi connectivity index (χ0) is 19.1. The second kappa shape index (κ2) is 9.69. The Balaban J connectivity index is 1.41. The zero-order valence-corrected chi connectivity index (χ0v) is 16.9. The Bertz CT molecular complexity index is 691. The van der Waals surface area contributed by atoms with Gasteiger partial charge in [-0.15, -0.1) is 0 Å². The van der Waals surface area contributed by atoms with Gasteiger partial charge < -0.3 is 5.32 Å². The van der Waals surface area contributed by atoms with Crippen LogP contribution in [0.4, 0.5) is 0 Å². The van der Waals surface area contributed by atoms with Gasteiger partial charge in [-0.3, -0.25) is 4.79 Å². The maximum Gasteiger partial charge on any atom is 0.223 e. The molecule has 0 radical (unpaired) electrons. The van der Waals surface area contributed by atoms with Crippen LogP contribution in [0.25, 0.3) is 0 Å². The molecular formula is C21H32N2O3S. The van der Waals surface area contributed by atoms with Crippen LogP contribution in [0.15, 0.2) is 30.3 Å². The summed E-state index contributed by atoms with van der Waals surface area (Å²) in [6, 6.07) is 10.3. The molecule has 1 N–H and O–H groups in total. The van der Waals surface area contributed by atoms with Gasteiger partial charge in [-0.05, 0) is 44.1 Å². The molecule has 6 heteroatoms. The molecule has 1 aromatic rings. The number of piperidine rings is 1. The lowest BCUT2D eigenvalue weighted by molar-refractivity contribution is -0.127. The van der Waals surface area contributed by atoms with Crippen molar-refractivity contribution in [3.63, 3.8) is 0 Å². The molecule has 1 aromatic carbocycles. The fraction of sp³-hybridized carbons (Fsp3) is 0.667. The van der Waals surface area contributed by atoms with E-state index in [9.17, 15) is 13.2 Å². The number of nitrogens with one attached hydrogen (secondary N) is 1. The molecule has 2 aliphatic rings. The first kappa shape index (κ1) is 20.3. The summed E-state index contributed by atoms with van der Waals surface area (Å²) in [4.78, 5) is 12.5. The zero-order valence-electron chi connectivity index (χ0n) is 16.1. The Morgan fingerprint density at radius 1 is 1.00 bits per heavy atom. The maximum absolute atomic E-state index is 12.6. The fourth-order valence-electron chi connectivity index (χ4n) is 4.19. The number of rotatable bonds is 7. The number of hydrogen-bond donors (Lipinski definition) is 1. The summed E-state index contributed by atoms with van der Waals surface area (Å²) < 4.78 is 26.8. The molecule has 2 fully saturated rings. The summed E-state index contributed by atoms with van der Waals surface area (Å²) in [5, 5.41) is 3.19. The van der Waals surface area contributed by atoms with E-state index in [1.807, 2.05) is 30.3 Å². The lowest BCUT2D eigenvalue weighted by atomic mass is 9.93. The van der Waals surface area contributed by atoms with E-state index in [-0.39, 0.29) is 17.6 Å². The van der Waals surface area contributed by atoms with E-state index < -0.39 is 10.0 Å². The molecule has 1 amide bonds. The Hall–Kier alpha value is -1.40. The Morgan fingerprint density at radius 3 is 2.33 bits per heavy atom. The second-order valence-corrected chi connectivity index (χ2v) is 10.0. The largest absolute Gasteiger partial charge is 0.353 e.